The van der Waals surface area contributed by atoms with Gasteiger partial charge in [-0.1, -0.05) is 33.8 Å². The smallest absolute Gasteiger partial charge is 0.294 e. The number of ketones is 1. The molecule has 0 saturated heterocycles. The highest BCUT2D eigenvalue weighted by Gasteiger charge is 2.39. The fraction of sp³-hybridized carbons (Fsp3) is 0.588. The van der Waals surface area contributed by atoms with Crippen LogP contribution in [0.3, 0.4) is 0 Å². The maximum atomic E-state index is 13.1. The summed E-state index contributed by atoms with van der Waals surface area (Å²) in [7, 11) is 0. The molecule has 1 nitrogen and oxygen atoms in total. The van der Waals surface area contributed by atoms with Crippen molar-refractivity contribution < 1.29 is 31.1 Å². The minimum Gasteiger partial charge on any atom is -0.294 e. The Bertz CT molecular complexity index is 593. The van der Waals surface area contributed by atoms with Gasteiger partial charge in [0.1, 0.15) is 0 Å². The molecule has 0 spiro atoms. The Balaban J connectivity index is 3.17. The number of halogens is 6. The molecular formula is C17H20F6O. The van der Waals surface area contributed by atoms with E-state index < -0.39 is 34.8 Å². The Kier molecular flexibility index (Phi) is 5.78. The Morgan fingerprint density at radius 2 is 1.54 bits per heavy atom. The number of hydrogen-bond acceptors (Lipinski definition) is 1. The molecular weight excluding hydrogens is 334 g/mol. The van der Waals surface area contributed by atoms with E-state index in [0.717, 1.165) is 0 Å². The van der Waals surface area contributed by atoms with Crippen LogP contribution < -0.4 is 0 Å². The Morgan fingerprint density at radius 3 is 1.96 bits per heavy atom. The zero-order chi connectivity index (χ0) is 18.9. The van der Waals surface area contributed by atoms with Crippen LogP contribution in [0.5, 0.6) is 0 Å². The second-order valence-electron chi connectivity index (χ2n) is 7.25. The average Bonchev–Trinajstić information content (AvgIpc) is 2.33. The number of rotatable bonds is 4. The second kappa shape index (κ2) is 6.76. The highest BCUT2D eigenvalue weighted by atomic mass is 19.4. The van der Waals surface area contributed by atoms with Gasteiger partial charge in [-0.05, 0) is 29.9 Å². The minimum absolute atomic E-state index is 0.00165. The molecule has 1 aromatic carbocycles. The van der Waals surface area contributed by atoms with Crippen LogP contribution in [0.1, 0.15) is 62.0 Å². The Labute approximate surface area is 137 Å². The van der Waals surface area contributed by atoms with Crippen molar-refractivity contribution >= 4 is 5.78 Å². The molecule has 0 aliphatic heterocycles. The van der Waals surface area contributed by atoms with Gasteiger partial charge in [0.25, 0.3) is 0 Å². The summed E-state index contributed by atoms with van der Waals surface area (Å²) >= 11 is 0. The van der Waals surface area contributed by atoms with Gasteiger partial charge in [-0.15, -0.1) is 0 Å². The molecule has 0 amide bonds. The molecule has 1 unspecified atom stereocenters. The van der Waals surface area contributed by atoms with Crippen LogP contribution in [-0.4, -0.2) is 5.78 Å². The highest BCUT2D eigenvalue weighted by Crippen LogP contribution is 2.38. The number of benzene rings is 1. The van der Waals surface area contributed by atoms with E-state index in [1.54, 1.807) is 6.92 Å². The molecule has 0 N–H and O–H groups in total. The van der Waals surface area contributed by atoms with Crippen LogP contribution in [0.2, 0.25) is 0 Å². The lowest BCUT2D eigenvalue weighted by Gasteiger charge is -2.23. The van der Waals surface area contributed by atoms with Gasteiger partial charge in [0.15, 0.2) is 5.78 Å². The van der Waals surface area contributed by atoms with E-state index in [4.69, 9.17) is 0 Å². The third-order valence-electron chi connectivity index (χ3n) is 3.45. The molecule has 0 aromatic heterocycles. The molecule has 0 saturated carbocycles. The van der Waals surface area contributed by atoms with Crippen LogP contribution in [0.25, 0.3) is 0 Å². The quantitative estimate of drug-likeness (QED) is 0.454. The highest BCUT2D eigenvalue weighted by molar-refractivity contribution is 5.97. The summed E-state index contributed by atoms with van der Waals surface area (Å²) in [6, 6.07) is 1.14. The lowest BCUT2D eigenvalue weighted by Crippen LogP contribution is -2.19. The normalized spacial score (nSPS) is 14.6. The second-order valence-corrected chi connectivity index (χ2v) is 7.25. The lowest BCUT2D eigenvalue weighted by molar-refractivity contribution is -0.143. The first-order valence-electron chi connectivity index (χ1n) is 7.43. The van der Waals surface area contributed by atoms with E-state index in [1.165, 1.54) is 0 Å². The number of Topliss-reactive ketones (excluding diaryl/α,β-unsaturated/α-hetero) is 1. The number of carbonyl (C=O) groups is 1. The standard InChI is InChI=1S/C17H20F6O/c1-10(9-15(2,3)4)7-14(24)12-6-5-11(16(18,19)20)8-13(12)17(21,22)23/h5-6,8,10H,7,9H2,1-4H3. The summed E-state index contributed by atoms with van der Waals surface area (Å²) in [6.07, 6.45) is -9.47. The van der Waals surface area contributed by atoms with Crippen molar-refractivity contribution in [2.45, 2.75) is 52.9 Å². The van der Waals surface area contributed by atoms with Gasteiger partial charge in [0.2, 0.25) is 0 Å². The summed E-state index contributed by atoms with van der Waals surface area (Å²) in [6.45, 7) is 7.55. The van der Waals surface area contributed by atoms with Crippen molar-refractivity contribution in [3.05, 3.63) is 34.9 Å². The van der Waals surface area contributed by atoms with Gasteiger partial charge in [0.05, 0.1) is 11.1 Å². The molecule has 136 valence electrons. The van der Waals surface area contributed by atoms with Crippen molar-refractivity contribution in [1.82, 2.24) is 0 Å². The van der Waals surface area contributed by atoms with E-state index >= 15 is 0 Å². The molecule has 0 aliphatic rings. The largest absolute Gasteiger partial charge is 0.417 e. The van der Waals surface area contributed by atoms with Crippen LogP contribution in [-0.2, 0) is 12.4 Å². The number of alkyl halides is 6. The van der Waals surface area contributed by atoms with Crippen molar-refractivity contribution in [3.63, 3.8) is 0 Å². The van der Waals surface area contributed by atoms with Gasteiger partial charge in [-0.2, -0.15) is 26.3 Å². The zero-order valence-electron chi connectivity index (χ0n) is 13.9. The third kappa shape index (κ3) is 5.83. The molecule has 0 heterocycles. The third-order valence-corrected chi connectivity index (χ3v) is 3.45. The molecule has 7 heteroatoms. The van der Waals surface area contributed by atoms with Gasteiger partial charge < -0.3 is 0 Å². The van der Waals surface area contributed by atoms with Gasteiger partial charge in [0, 0.05) is 12.0 Å². The fourth-order valence-electron chi connectivity index (χ4n) is 2.74. The first kappa shape index (κ1) is 20.5. The molecule has 24 heavy (non-hydrogen) atoms. The van der Waals surface area contributed by atoms with E-state index in [2.05, 4.69) is 0 Å². The van der Waals surface area contributed by atoms with E-state index in [-0.39, 0.29) is 23.8 Å². The maximum absolute atomic E-state index is 13.1. The van der Waals surface area contributed by atoms with Crippen molar-refractivity contribution in [1.29, 1.82) is 0 Å². The molecule has 1 rings (SSSR count). The van der Waals surface area contributed by atoms with Crippen molar-refractivity contribution in [2.24, 2.45) is 11.3 Å². The van der Waals surface area contributed by atoms with E-state index in [9.17, 15) is 31.1 Å². The average molecular weight is 354 g/mol. The molecule has 0 bridgehead atoms. The monoisotopic (exact) mass is 354 g/mol. The lowest BCUT2D eigenvalue weighted by atomic mass is 9.82. The number of carbonyl (C=O) groups excluding carboxylic acids is 1. The summed E-state index contributed by atoms with van der Waals surface area (Å²) in [5.41, 5.74) is -3.78. The van der Waals surface area contributed by atoms with Crippen LogP contribution >= 0.6 is 0 Å². The predicted molar refractivity (Wildman–Crippen MR) is 78.6 cm³/mol. The summed E-state index contributed by atoms with van der Waals surface area (Å²) < 4.78 is 77.1. The first-order valence-corrected chi connectivity index (χ1v) is 7.43. The predicted octanol–water partition coefficient (Wildman–Crippen LogP) is 6.37. The molecule has 0 radical (unpaired) electrons. The van der Waals surface area contributed by atoms with Crippen LogP contribution in [0.15, 0.2) is 18.2 Å². The minimum atomic E-state index is -5.03. The van der Waals surface area contributed by atoms with E-state index in [1.807, 2.05) is 20.8 Å². The Morgan fingerprint density at radius 1 is 1.00 bits per heavy atom. The molecule has 1 aromatic rings. The number of hydrogen-bond donors (Lipinski definition) is 0. The van der Waals surface area contributed by atoms with Crippen LogP contribution in [0, 0.1) is 11.3 Å². The topological polar surface area (TPSA) is 17.1 Å². The SMILES string of the molecule is CC(CC(=O)c1ccc(C(F)(F)F)cc1C(F)(F)F)CC(C)(C)C. The van der Waals surface area contributed by atoms with Crippen molar-refractivity contribution in [2.75, 3.05) is 0 Å². The summed E-state index contributed by atoms with van der Waals surface area (Å²) in [5, 5.41) is 0. The first-order chi connectivity index (χ1) is 10.6. The fourth-order valence-corrected chi connectivity index (χ4v) is 2.74. The van der Waals surface area contributed by atoms with Gasteiger partial charge in [-0.3, -0.25) is 4.79 Å². The molecule has 1 atom stereocenters. The van der Waals surface area contributed by atoms with Gasteiger partial charge in [-0.25, -0.2) is 0 Å². The Hall–Kier alpha value is -1.53. The molecule has 0 aliphatic carbocycles. The van der Waals surface area contributed by atoms with Gasteiger partial charge >= 0.3 is 12.4 Å². The van der Waals surface area contributed by atoms with Crippen LogP contribution in [0.4, 0.5) is 26.3 Å². The molecule has 0 fully saturated rings. The summed E-state index contributed by atoms with van der Waals surface area (Å²) in [4.78, 5) is 12.2. The van der Waals surface area contributed by atoms with E-state index in [0.29, 0.717) is 18.6 Å². The summed E-state index contributed by atoms with van der Waals surface area (Å²) in [5.74, 6) is -0.978. The maximum Gasteiger partial charge on any atom is 0.417 e. The van der Waals surface area contributed by atoms with Crippen molar-refractivity contribution in [3.8, 4) is 0 Å². The zero-order valence-corrected chi connectivity index (χ0v) is 13.9.